The van der Waals surface area contributed by atoms with Crippen LogP contribution in [-0.4, -0.2) is 50.8 Å². The van der Waals surface area contributed by atoms with Crippen molar-refractivity contribution in [3.05, 3.63) is 66.1 Å². The Morgan fingerprint density at radius 1 is 0.967 bits per heavy atom. The first-order valence-electron chi connectivity index (χ1n) is 9.96. The summed E-state index contributed by atoms with van der Waals surface area (Å²) in [5, 5.41) is 0. The van der Waals surface area contributed by atoms with Gasteiger partial charge in [-0.25, -0.2) is 9.97 Å². The molecule has 5 rings (SSSR count). The maximum absolute atomic E-state index is 6.10. The van der Waals surface area contributed by atoms with Gasteiger partial charge in [-0.2, -0.15) is 9.97 Å². The van der Waals surface area contributed by atoms with E-state index in [2.05, 4.69) is 14.9 Å². The number of imidazole rings is 1. The lowest BCUT2D eigenvalue weighted by Gasteiger charge is -2.27. The van der Waals surface area contributed by atoms with Gasteiger partial charge in [-0.05, 0) is 24.6 Å². The fraction of sp³-hybridized carbons (Fsp3) is 0.273. The molecule has 152 valence electrons. The van der Waals surface area contributed by atoms with Crippen molar-refractivity contribution in [2.75, 3.05) is 31.2 Å². The zero-order chi connectivity index (χ0) is 20.3. The maximum atomic E-state index is 6.10. The molecule has 0 N–H and O–H groups in total. The number of hydrogen-bond donors (Lipinski definition) is 0. The van der Waals surface area contributed by atoms with E-state index in [0.717, 1.165) is 30.2 Å². The molecule has 4 aromatic rings. The highest BCUT2D eigenvalue weighted by Gasteiger charge is 2.21. The van der Waals surface area contributed by atoms with Gasteiger partial charge in [0.2, 0.25) is 11.8 Å². The minimum absolute atomic E-state index is 0.408. The third-order valence-corrected chi connectivity index (χ3v) is 4.99. The van der Waals surface area contributed by atoms with E-state index in [9.17, 15) is 0 Å². The summed E-state index contributed by atoms with van der Waals surface area (Å²) in [6.45, 7) is 5.15. The Hall–Kier alpha value is -3.52. The van der Waals surface area contributed by atoms with Crippen LogP contribution in [0.3, 0.4) is 0 Å². The van der Waals surface area contributed by atoms with Crippen molar-refractivity contribution in [3.63, 3.8) is 0 Å². The highest BCUT2D eigenvalue weighted by atomic mass is 16.5. The molecule has 8 nitrogen and oxygen atoms in total. The van der Waals surface area contributed by atoms with Crippen LogP contribution in [-0.2, 0) is 11.3 Å². The van der Waals surface area contributed by atoms with E-state index in [-0.39, 0.29) is 0 Å². The average Bonchev–Trinajstić information content (AvgIpc) is 3.23. The predicted molar refractivity (Wildman–Crippen MR) is 113 cm³/mol. The quantitative estimate of drug-likeness (QED) is 0.508. The minimum atomic E-state index is 0.408. The number of hydrogen-bond acceptors (Lipinski definition) is 7. The van der Waals surface area contributed by atoms with Gasteiger partial charge in [-0.15, -0.1) is 0 Å². The minimum Gasteiger partial charge on any atom is -0.471 e. The van der Waals surface area contributed by atoms with Crippen molar-refractivity contribution in [3.8, 4) is 11.7 Å². The van der Waals surface area contributed by atoms with Crippen molar-refractivity contribution >= 4 is 17.1 Å². The molecule has 1 aliphatic heterocycles. The second kappa shape index (κ2) is 8.08. The molecule has 0 amide bonds. The number of anilines is 1. The Morgan fingerprint density at radius 2 is 1.80 bits per heavy atom. The van der Waals surface area contributed by atoms with Gasteiger partial charge in [-0.3, -0.25) is 4.57 Å². The third-order valence-electron chi connectivity index (χ3n) is 4.99. The van der Waals surface area contributed by atoms with E-state index in [0.29, 0.717) is 42.8 Å². The molecule has 30 heavy (non-hydrogen) atoms. The fourth-order valence-electron chi connectivity index (χ4n) is 3.42. The lowest BCUT2D eigenvalue weighted by atomic mass is 10.2. The lowest BCUT2D eigenvalue weighted by Crippen LogP contribution is -2.37. The topological polar surface area (TPSA) is 78.2 Å². The largest absolute Gasteiger partial charge is 0.471 e. The number of aromatic nitrogens is 5. The summed E-state index contributed by atoms with van der Waals surface area (Å²) < 4.78 is 13.5. The van der Waals surface area contributed by atoms with Crippen molar-refractivity contribution < 1.29 is 9.47 Å². The molecular weight excluding hydrogens is 380 g/mol. The number of aryl methyl sites for hydroxylation is 1. The van der Waals surface area contributed by atoms with Crippen LogP contribution >= 0.6 is 0 Å². The molecule has 0 atom stereocenters. The highest BCUT2D eigenvalue weighted by molar-refractivity contribution is 5.79. The van der Waals surface area contributed by atoms with Gasteiger partial charge >= 0.3 is 0 Å². The molecular formula is C22H22N6O2. The van der Waals surface area contributed by atoms with Crippen LogP contribution in [0, 0.1) is 6.92 Å². The monoisotopic (exact) mass is 402 g/mol. The SMILES string of the molecule is Cc1cccc(-n2cnc3c(OCc4ccccc4)nc(N4CCOCC4)nc32)n1. The number of morpholine rings is 1. The van der Waals surface area contributed by atoms with Crippen LogP contribution in [0.1, 0.15) is 11.3 Å². The summed E-state index contributed by atoms with van der Waals surface area (Å²) in [6.07, 6.45) is 1.72. The molecule has 0 spiro atoms. The predicted octanol–water partition coefficient (Wildman–Crippen LogP) is 2.93. The second-order valence-electron chi connectivity index (χ2n) is 7.13. The Kier molecular flexibility index (Phi) is 4.98. The van der Waals surface area contributed by atoms with Crippen LogP contribution in [0.15, 0.2) is 54.9 Å². The highest BCUT2D eigenvalue weighted by Crippen LogP contribution is 2.27. The van der Waals surface area contributed by atoms with Crippen molar-refractivity contribution in [1.82, 2.24) is 24.5 Å². The molecule has 1 saturated heterocycles. The van der Waals surface area contributed by atoms with Gasteiger partial charge in [-0.1, -0.05) is 36.4 Å². The van der Waals surface area contributed by atoms with Crippen molar-refractivity contribution in [2.45, 2.75) is 13.5 Å². The summed E-state index contributed by atoms with van der Waals surface area (Å²) in [6, 6.07) is 15.9. The van der Waals surface area contributed by atoms with Gasteiger partial charge in [0.15, 0.2) is 11.2 Å². The summed E-state index contributed by atoms with van der Waals surface area (Å²) >= 11 is 0. The van der Waals surface area contributed by atoms with E-state index < -0.39 is 0 Å². The first-order chi connectivity index (χ1) is 14.8. The smallest absolute Gasteiger partial charge is 0.247 e. The molecule has 0 saturated carbocycles. The first-order valence-corrected chi connectivity index (χ1v) is 9.96. The number of fused-ring (bicyclic) bond motifs is 1. The van der Waals surface area contributed by atoms with Gasteiger partial charge in [0.25, 0.3) is 0 Å². The zero-order valence-electron chi connectivity index (χ0n) is 16.7. The van der Waals surface area contributed by atoms with Crippen LogP contribution < -0.4 is 9.64 Å². The number of pyridine rings is 1. The Labute approximate surface area is 174 Å². The fourth-order valence-corrected chi connectivity index (χ4v) is 3.42. The van der Waals surface area contributed by atoms with E-state index in [1.165, 1.54) is 0 Å². The molecule has 1 fully saturated rings. The number of rotatable bonds is 5. The van der Waals surface area contributed by atoms with Crippen LogP contribution in [0.25, 0.3) is 17.0 Å². The van der Waals surface area contributed by atoms with E-state index in [1.807, 2.05) is 60.0 Å². The zero-order valence-corrected chi connectivity index (χ0v) is 16.7. The second-order valence-corrected chi connectivity index (χ2v) is 7.13. The average molecular weight is 402 g/mol. The van der Waals surface area contributed by atoms with Crippen LogP contribution in [0.4, 0.5) is 5.95 Å². The van der Waals surface area contributed by atoms with Crippen molar-refractivity contribution in [2.24, 2.45) is 0 Å². The number of nitrogens with zero attached hydrogens (tertiary/aromatic N) is 6. The molecule has 0 aliphatic carbocycles. The number of ether oxygens (including phenoxy) is 2. The summed E-state index contributed by atoms with van der Waals surface area (Å²) in [5.74, 6) is 1.85. The van der Waals surface area contributed by atoms with Gasteiger partial charge in [0.1, 0.15) is 18.8 Å². The molecule has 0 radical (unpaired) electrons. The van der Waals surface area contributed by atoms with Gasteiger partial charge in [0.05, 0.1) is 13.2 Å². The molecule has 1 aliphatic rings. The normalized spacial score (nSPS) is 14.2. The summed E-state index contributed by atoms with van der Waals surface area (Å²) in [4.78, 5) is 20.8. The van der Waals surface area contributed by atoms with E-state index >= 15 is 0 Å². The van der Waals surface area contributed by atoms with E-state index in [1.54, 1.807) is 6.33 Å². The summed E-state index contributed by atoms with van der Waals surface area (Å²) in [7, 11) is 0. The molecule has 0 unspecified atom stereocenters. The lowest BCUT2D eigenvalue weighted by molar-refractivity contribution is 0.122. The standard InChI is InChI=1S/C22H22N6O2/c1-16-6-5-9-18(24-16)28-15-23-19-20(28)25-22(27-10-12-29-13-11-27)26-21(19)30-14-17-7-3-2-4-8-17/h2-9,15H,10-14H2,1H3. The molecule has 3 aromatic heterocycles. The molecule has 0 bridgehead atoms. The molecule has 8 heteroatoms. The van der Waals surface area contributed by atoms with Gasteiger partial charge in [0, 0.05) is 18.8 Å². The first kappa shape index (κ1) is 18.5. The maximum Gasteiger partial charge on any atom is 0.247 e. The van der Waals surface area contributed by atoms with E-state index in [4.69, 9.17) is 19.4 Å². The van der Waals surface area contributed by atoms with Crippen LogP contribution in [0.2, 0.25) is 0 Å². The van der Waals surface area contributed by atoms with Crippen molar-refractivity contribution in [1.29, 1.82) is 0 Å². The molecule has 4 heterocycles. The summed E-state index contributed by atoms with van der Waals surface area (Å²) in [5.41, 5.74) is 3.29. The van der Waals surface area contributed by atoms with Gasteiger partial charge < -0.3 is 14.4 Å². The number of benzene rings is 1. The Bertz CT molecular complexity index is 1150. The Balaban J connectivity index is 1.58. The molecule has 1 aromatic carbocycles. The van der Waals surface area contributed by atoms with Crippen LogP contribution in [0.5, 0.6) is 5.88 Å². The third kappa shape index (κ3) is 3.69. The Morgan fingerprint density at radius 3 is 2.60 bits per heavy atom.